The van der Waals surface area contributed by atoms with Crippen molar-refractivity contribution in [3.8, 4) is 0 Å². The smallest absolute Gasteiger partial charge is 0.235 e. The van der Waals surface area contributed by atoms with E-state index in [-0.39, 0.29) is 0 Å². The number of aliphatic hydroxyl groups is 2. The Labute approximate surface area is 344 Å². The van der Waals surface area contributed by atoms with Crippen LogP contribution in [0, 0.1) is 5.41 Å². The van der Waals surface area contributed by atoms with Gasteiger partial charge in [-0.2, -0.15) is 0 Å². The van der Waals surface area contributed by atoms with Gasteiger partial charge in [0.15, 0.2) is 0 Å². The van der Waals surface area contributed by atoms with Crippen LogP contribution in [0.3, 0.4) is 0 Å². The molecule has 0 heterocycles. The number of benzene rings is 8. The third kappa shape index (κ3) is 7.18. The number of nitrogens with one attached hydrogen (secondary N) is 2. The van der Waals surface area contributed by atoms with Crippen LogP contribution in [0.2, 0.25) is 0 Å². The molecule has 0 fully saturated rings. The largest absolute Gasteiger partial charge is 0.378 e. The Morgan fingerprint density at radius 3 is 0.983 bits per heavy atom. The Balaban J connectivity index is 1.26. The summed E-state index contributed by atoms with van der Waals surface area (Å²) in [5.74, 6) is -1.23. The van der Waals surface area contributed by atoms with Crippen LogP contribution in [-0.2, 0) is 20.8 Å². The molecule has 8 aromatic carbocycles. The molecule has 0 radical (unpaired) electrons. The first kappa shape index (κ1) is 39.0. The van der Waals surface area contributed by atoms with Crippen LogP contribution in [0.4, 0.5) is 0 Å². The molecular formula is C53H46N2O4. The van der Waals surface area contributed by atoms with Crippen LogP contribution in [-0.4, -0.2) is 22.0 Å². The van der Waals surface area contributed by atoms with Gasteiger partial charge < -0.3 is 20.8 Å². The van der Waals surface area contributed by atoms with Gasteiger partial charge in [-0.3, -0.25) is 9.59 Å². The van der Waals surface area contributed by atoms with Crippen molar-refractivity contribution >= 4 is 33.4 Å². The van der Waals surface area contributed by atoms with E-state index >= 15 is 9.59 Å². The molecule has 2 unspecified atom stereocenters. The van der Waals surface area contributed by atoms with Gasteiger partial charge in [-0.25, -0.2) is 0 Å². The molecule has 59 heavy (non-hydrogen) atoms. The number of hydrogen-bond acceptors (Lipinski definition) is 4. The monoisotopic (exact) mass is 774 g/mol. The standard InChI is InChI=1S/C53H46N2O4/c1-51(2,49(56)54-47(45-35-19-23-37-21-15-17-33-43(37)45)52(58,39-25-7-3-8-26-39)40-27-9-4-10-28-40)50(57)55-48(46-36-20-24-38-22-16-18-34-44(38)46)53(59,41-29-11-5-12-30-41)42-31-13-6-14-32-42/h3-36,47-48,58-59H,1-2H3,(H,54,56)(H,55,57). The van der Waals surface area contributed by atoms with Crippen molar-refractivity contribution in [2.24, 2.45) is 5.41 Å². The van der Waals surface area contributed by atoms with Crippen LogP contribution in [0.1, 0.15) is 59.3 Å². The van der Waals surface area contributed by atoms with Gasteiger partial charge in [-0.05, 0) is 68.8 Å². The Kier molecular flexibility index (Phi) is 10.7. The van der Waals surface area contributed by atoms with E-state index in [1.165, 1.54) is 0 Å². The summed E-state index contributed by atoms with van der Waals surface area (Å²) in [7, 11) is 0. The molecule has 0 aliphatic heterocycles. The topological polar surface area (TPSA) is 98.7 Å². The molecule has 6 heteroatoms. The molecule has 0 spiro atoms. The zero-order valence-electron chi connectivity index (χ0n) is 33.0. The molecule has 8 aromatic rings. The predicted octanol–water partition coefficient (Wildman–Crippen LogP) is 9.91. The SMILES string of the molecule is CC(C)(C(=O)NC(c1cccc2ccccc12)C(O)(c1ccccc1)c1ccccc1)C(=O)NC(c1cccc2ccccc12)C(O)(c1ccccc1)c1ccccc1. The second-order valence-corrected chi connectivity index (χ2v) is 15.6. The summed E-state index contributed by atoms with van der Waals surface area (Å²) >= 11 is 0. The summed E-state index contributed by atoms with van der Waals surface area (Å²) in [6.07, 6.45) is 0. The lowest BCUT2D eigenvalue weighted by atomic mass is 9.75. The molecule has 6 nitrogen and oxygen atoms in total. The first-order chi connectivity index (χ1) is 28.6. The summed E-state index contributed by atoms with van der Waals surface area (Å²) in [6.45, 7) is 3.15. The minimum absolute atomic E-state index is 0.568. The fourth-order valence-electron chi connectivity index (χ4n) is 8.31. The van der Waals surface area contributed by atoms with Crippen LogP contribution < -0.4 is 10.6 Å². The zero-order chi connectivity index (χ0) is 41.0. The minimum Gasteiger partial charge on any atom is -0.378 e. The van der Waals surface area contributed by atoms with E-state index < -0.39 is 40.5 Å². The van der Waals surface area contributed by atoms with Crippen molar-refractivity contribution in [2.45, 2.75) is 37.1 Å². The van der Waals surface area contributed by atoms with Crippen LogP contribution >= 0.6 is 0 Å². The summed E-state index contributed by atoms with van der Waals surface area (Å²) in [4.78, 5) is 30.2. The second-order valence-electron chi connectivity index (χ2n) is 15.6. The van der Waals surface area contributed by atoms with Crippen LogP contribution in [0.15, 0.2) is 206 Å². The molecule has 0 aliphatic rings. The Morgan fingerprint density at radius 2 is 0.661 bits per heavy atom. The molecule has 0 aromatic heterocycles. The van der Waals surface area contributed by atoms with Crippen molar-refractivity contribution in [2.75, 3.05) is 0 Å². The van der Waals surface area contributed by atoms with Crippen molar-refractivity contribution < 1.29 is 19.8 Å². The summed E-state index contributed by atoms with van der Waals surface area (Å²) in [5.41, 5.74) is -1.65. The lowest BCUT2D eigenvalue weighted by Crippen LogP contribution is -2.55. The summed E-state index contributed by atoms with van der Waals surface area (Å²) in [6, 6.07) is 62.4. The highest BCUT2D eigenvalue weighted by Gasteiger charge is 2.49. The lowest BCUT2D eigenvalue weighted by molar-refractivity contribution is -0.144. The molecule has 0 aliphatic carbocycles. The molecule has 2 atom stereocenters. The van der Waals surface area contributed by atoms with E-state index in [1.54, 1.807) is 13.8 Å². The highest BCUT2D eigenvalue weighted by Crippen LogP contribution is 2.46. The van der Waals surface area contributed by atoms with E-state index in [9.17, 15) is 10.2 Å². The van der Waals surface area contributed by atoms with E-state index in [1.807, 2.05) is 206 Å². The zero-order valence-corrected chi connectivity index (χ0v) is 33.0. The lowest BCUT2D eigenvalue weighted by Gasteiger charge is -2.41. The highest BCUT2D eigenvalue weighted by molar-refractivity contribution is 6.05. The average molecular weight is 775 g/mol. The molecule has 4 N–H and O–H groups in total. The van der Waals surface area contributed by atoms with Gasteiger partial charge >= 0.3 is 0 Å². The highest BCUT2D eigenvalue weighted by atomic mass is 16.3. The van der Waals surface area contributed by atoms with Crippen molar-refractivity contribution in [3.63, 3.8) is 0 Å². The molecular weight excluding hydrogens is 729 g/mol. The fraction of sp³-hybridized carbons (Fsp3) is 0.132. The molecule has 0 saturated heterocycles. The number of fused-ring (bicyclic) bond motifs is 2. The van der Waals surface area contributed by atoms with E-state index in [0.29, 0.717) is 33.4 Å². The van der Waals surface area contributed by atoms with E-state index in [4.69, 9.17) is 0 Å². The predicted molar refractivity (Wildman–Crippen MR) is 235 cm³/mol. The number of amides is 2. The quantitative estimate of drug-likeness (QED) is 0.0930. The maximum absolute atomic E-state index is 15.1. The number of carbonyl (C=O) groups is 2. The van der Waals surface area contributed by atoms with E-state index in [2.05, 4.69) is 10.6 Å². The van der Waals surface area contributed by atoms with Crippen LogP contribution in [0.25, 0.3) is 21.5 Å². The molecule has 2 amide bonds. The normalized spacial score (nSPS) is 13.1. The number of hydrogen-bond donors (Lipinski definition) is 4. The van der Waals surface area contributed by atoms with Gasteiger partial charge in [-0.15, -0.1) is 0 Å². The molecule has 292 valence electrons. The van der Waals surface area contributed by atoms with Gasteiger partial charge in [0.25, 0.3) is 0 Å². The third-order valence-corrected chi connectivity index (χ3v) is 11.6. The Hall–Kier alpha value is -6.86. The maximum atomic E-state index is 15.1. The van der Waals surface area contributed by atoms with Gasteiger partial charge in [0, 0.05) is 0 Å². The minimum atomic E-state index is -1.78. The fourth-order valence-corrected chi connectivity index (χ4v) is 8.31. The summed E-state index contributed by atoms with van der Waals surface area (Å²) < 4.78 is 0. The Bertz CT molecular complexity index is 2440. The first-order valence-corrected chi connectivity index (χ1v) is 19.9. The first-order valence-electron chi connectivity index (χ1n) is 19.9. The summed E-state index contributed by atoms with van der Waals surface area (Å²) in [5, 5.41) is 36.6. The molecule has 0 saturated carbocycles. The van der Waals surface area contributed by atoms with Crippen molar-refractivity contribution in [3.05, 3.63) is 240 Å². The number of rotatable bonds is 12. The van der Waals surface area contributed by atoms with E-state index in [0.717, 1.165) is 21.5 Å². The van der Waals surface area contributed by atoms with Crippen molar-refractivity contribution in [1.82, 2.24) is 10.6 Å². The third-order valence-electron chi connectivity index (χ3n) is 11.6. The maximum Gasteiger partial charge on any atom is 0.235 e. The van der Waals surface area contributed by atoms with Crippen molar-refractivity contribution in [1.29, 1.82) is 0 Å². The number of carbonyl (C=O) groups excluding carboxylic acids is 2. The average Bonchev–Trinajstić information content (AvgIpc) is 3.30. The van der Waals surface area contributed by atoms with Gasteiger partial charge in [0.1, 0.15) is 16.6 Å². The van der Waals surface area contributed by atoms with Gasteiger partial charge in [0.2, 0.25) is 11.8 Å². The molecule has 0 bridgehead atoms. The van der Waals surface area contributed by atoms with Gasteiger partial charge in [0.05, 0.1) is 12.1 Å². The van der Waals surface area contributed by atoms with Gasteiger partial charge in [-0.1, -0.05) is 206 Å². The Morgan fingerprint density at radius 1 is 0.390 bits per heavy atom. The second kappa shape index (κ2) is 16.2. The molecule has 8 rings (SSSR count). The van der Waals surface area contributed by atoms with Crippen LogP contribution in [0.5, 0.6) is 0 Å².